The summed E-state index contributed by atoms with van der Waals surface area (Å²) in [6.07, 6.45) is 3.65. The number of hydrogen-bond donors (Lipinski definition) is 1. The third kappa shape index (κ3) is 5.21. The van der Waals surface area contributed by atoms with E-state index in [9.17, 15) is 9.59 Å². The van der Waals surface area contributed by atoms with E-state index in [4.69, 9.17) is 14.6 Å². The van der Waals surface area contributed by atoms with Crippen LogP contribution >= 0.6 is 0 Å². The zero-order valence-electron chi connectivity index (χ0n) is 17.6. The van der Waals surface area contributed by atoms with Gasteiger partial charge in [0.25, 0.3) is 5.91 Å². The highest BCUT2D eigenvalue weighted by Gasteiger charge is 2.28. The highest BCUT2D eigenvalue weighted by molar-refractivity contribution is 5.90. The van der Waals surface area contributed by atoms with E-state index >= 15 is 0 Å². The third-order valence-corrected chi connectivity index (χ3v) is 5.14. The fraction of sp³-hybridized carbons (Fsp3) is 0.250. The molecule has 1 fully saturated rings. The lowest BCUT2D eigenvalue weighted by Crippen LogP contribution is -2.33. The van der Waals surface area contributed by atoms with Crippen LogP contribution < -0.4 is 9.47 Å². The number of nitrogens with zero attached hydrogens (tertiary/aromatic N) is 3. The Morgan fingerprint density at radius 3 is 2.44 bits per heavy atom. The minimum Gasteiger partial charge on any atom is -0.493 e. The van der Waals surface area contributed by atoms with Gasteiger partial charge in [0.05, 0.1) is 12.7 Å². The first-order valence-electron chi connectivity index (χ1n) is 10.3. The van der Waals surface area contributed by atoms with Crippen LogP contribution in [0.2, 0.25) is 0 Å². The average molecular weight is 433 g/mol. The van der Waals surface area contributed by atoms with Gasteiger partial charge in [0.2, 0.25) is 11.7 Å². The predicted octanol–water partition coefficient (Wildman–Crippen LogP) is 4.03. The molecule has 164 valence electrons. The number of hydrogen-bond acceptors (Lipinski definition) is 6. The third-order valence-electron chi connectivity index (χ3n) is 5.14. The summed E-state index contributed by atoms with van der Waals surface area (Å²) in [5.41, 5.74) is 1.05. The normalized spacial score (nSPS) is 12.8. The number of aromatic nitrogens is 2. The molecule has 0 saturated heterocycles. The first-order valence-corrected chi connectivity index (χ1v) is 10.3. The molecule has 0 radical (unpaired) electrons. The minimum absolute atomic E-state index is 0.0419. The van der Waals surface area contributed by atoms with E-state index in [-0.39, 0.29) is 23.2 Å². The van der Waals surface area contributed by atoms with Gasteiger partial charge in [-0.2, -0.15) is 4.98 Å². The Kier molecular flexibility index (Phi) is 6.30. The van der Waals surface area contributed by atoms with E-state index in [1.807, 2.05) is 12.1 Å². The zero-order chi connectivity index (χ0) is 22.5. The summed E-state index contributed by atoms with van der Waals surface area (Å²) in [6.45, 7) is 0.941. The first kappa shape index (κ1) is 21.3. The Balaban J connectivity index is 1.53. The van der Waals surface area contributed by atoms with Gasteiger partial charge in [-0.15, -0.1) is 0 Å². The highest BCUT2D eigenvalue weighted by atomic mass is 16.5. The molecule has 1 aliphatic carbocycles. The molecule has 1 aromatic heterocycles. The number of carbonyl (C=O) groups is 2. The minimum atomic E-state index is -0.984. The van der Waals surface area contributed by atoms with Crippen molar-refractivity contribution >= 4 is 11.9 Å². The van der Waals surface area contributed by atoms with Crippen LogP contribution in [0.25, 0.3) is 0 Å². The number of carbonyl (C=O) groups excluding carboxylic acids is 1. The molecule has 0 unspecified atom stereocenters. The van der Waals surface area contributed by atoms with Gasteiger partial charge in [0.1, 0.15) is 0 Å². The Morgan fingerprint density at radius 2 is 1.78 bits per heavy atom. The lowest BCUT2D eigenvalue weighted by molar-refractivity contribution is 0.0692. The van der Waals surface area contributed by atoms with Gasteiger partial charge in [-0.3, -0.25) is 4.79 Å². The van der Waals surface area contributed by atoms with Crippen molar-refractivity contribution in [3.8, 4) is 17.4 Å². The van der Waals surface area contributed by atoms with Crippen molar-refractivity contribution in [2.45, 2.75) is 19.4 Å². The SMILES string of the molecule is COc1ccccc1Oc1ccnc(C(=O)N(Cc2ccc(C(=O)O)cc2)CC2CC2)n1. The summed E-state index contributed by atoms with van der Waals surface area (Å²) in [5, 5.41) is 9.09. The van der Waals surface area contributed by atoms with Gasteiger partial charge < -0.3 is 19.5 Å². The van der Waals surface area contributed by atoms with Crippen LogP contribution in [0.5, 0.6) is 17.4 Å². The van der Waals surface area contributed by atoms with Crippen LogP contribution in [0.1, 0.15) is 39.4 Å². The molecule has 8 heteroatoms. The summed E-state index contributed by atoms with van der Waals surface area (Å²) in [5.74, 6) is 0.502. The lowest BCUT2D eigenvalue weighted by Gasteiger charge is -2.22. The summed E-state index contributed by atoms with van der Waals surface area (Å²) in [6, 6.07) is 15.3. The van der Waals surface area contributed by atoms with Gasteiger partial charge in [-0.05, 0) is 48.6 Å². The molecule has 2 aromatic carbocycles. The Hall–Kier alpha value is -3.94. The van der Waals surface area contributed by atoms with Crippen LogP contribution in [0.4, 0.5) is 0 Å². The predicted molar refractivity (Wildman–Crippen MR) is 116 cm³/mol. The molecule has 1 N–H and O–H groups in total. The number of ether oxygens (including phenoxy) is 2. The fourth-order valence-corrected chi connectivity index (χ4v) is 3.26. The molecule has 8 nitrogen and oxygen atoms in total. The number of aromatic carboxylic acids is 1. The van der Waals surface area contributed by atoms with Gasteiger partial charge in [0, 0.05) is 25.4 Å². The molecule has 0 spiro atoms. The van der Waals surface area contributed by atoms with Crippen LogP contribution in [-0.4, -0.2) is 45.5 Å². The van der Waals surface area contributed by atoms with E-state index in [0.717, 1.165) is 18.4 Å². The standard InChI is InChI=1S/C24H23N3O5/c1-31-19-4-2-3-5-20(19)32-21-12-13-25-22(26-21)23(28)27(14-16-6-7-16)15-17-8-10-18(11-9-17)24(29)30/h2-5,8-13,16H,6-7,14-15H2,1H3,(H,29,30). The molecule has 1 heterocycles. The number of amides is 1. The van der Waals surface area contributed by atoms with Crippen molar-refractivity contribution in [2.24, 2.45) is 5.92 Å². The van der Waals surface area contributed by atoms with Gasteiger partial charge in [-0.25, -0.2) is 9.78 Å². The summed E-state index contributed by atoms with van der Waals surface area (Å²) in [7, 11) is 1.55. The number of methoxy groups -OCH3 is 1. The first-order chi connectivity index (χ1) is 15.5. The van der Waals surface area contributed by atoms with Crippen LogP contribution in [0, 0.1) is 5.92 Å². The molecule has 3 aromatic rings. The molecule has 0 bridgehead atoms. The number of carboxylic acid groups (broad SMARTS) is 1. The van der Waals surface area contributed by atoms with Crippen LogP contribution in [0.15, 0.2) is 60.8 Å². The largest absolute Gasteiger partial charge is 0.493 e. The van der Waals surface area contributed by atoms with E-state index in [0.29, 0.717) is 30.5 Å². The molecule has 32 heavy (non-hydrogen) atoms. The monoisotopic (exact) mass is 433 g/mol. The zero-order valence-corrected chi connectivity index (χ0v) is 17.6. The Labute approximate surface area is 185 Å². The molecular formula is C24H23N3O5. The Bertz CT molecular complexity index is 1110. The number of para-hydroxylation sites is 2. The highest BCUT2D eigenvalue weighted by Crippen LogP contribution is 2.31. The van der Waals surface area contributed by atoms with Crippen molar-refractivity contribution in [2.75, 3.05) is 13.7 Å². The van der Waals surface area contributed by atoms with Crippen molar-refractivity contribution in [1.82, 2.24) is 14.9 Å². The van der Waals surface area contributed by atoms with Crippen molar-refractivity contribution in [3.63, 3.8) is 0 Å². The molecule has 0 aliphatic heterocycles. The maximum absolute atomic E-state index is 13.2. The summed E-state index contributed by atoms with van der Waals surface area (Å²) in [4.78, 5) is 34.5. The van der Waals surface area contributed by atoms with Crippen LogP contribution in [0.3, 0.4) is 0 Å². The number of rotatable bonds is 9. The topological polar surface area (TPSA) is 102 Å². The quantitative estimate of drug-likeness (QED) is 0.544. The maximum atomic E-state index is 13.2. The summed E-state index contributed by atoms with van der Waals surface area (Å²) >= 11 is 0. The van der Waals surface area contributed by atoms with E-state index in [1.165, 1.54) is 18.3 Å². The average Bonchev–Trinajstić information content (AvgIpc) is 3.63. The second-order valence-corrected chi connectivity index (χ2v) is 7.60. The van der Waals surface area contributed by atoms with Gasteiger partial charge in [0.15, 0.2) is 11.5 Å². The molecule has 1 amide bonds. The lowest BCUT2D eigenvalue weighted by atomic mass is 10.1. The molecule has 1 aliphatic rings. The molecule has 1 saturated carbocycles. The second kappa shape index (κ2) is 9.47. The fourth-order valence-electron chi connectivity index (χ4n) is 3.26. The maximum Gasteiger partial charge on any atom is 0.335 e. The van der Waals surface area contributed by atoms with E-state index in [2.05, 4.69) is 9.97 Å². The van der Waals surface area contributed by atoms with Gasteiger partial charge >= 0.3 is 5.97 Å². The van der Waals surface area contributed by atoms with Crippen LogP contribution in [-0.2, 0) is 6.54 Å². The number of benzene rings is 2. The summed E-state index contributed by atoms with van der Waals surface area (Å²) < 4.78 is 11.1. The molecule has 0 atom stereocenters. The molecule has 4 rings (SSSR count). The smallest absolute Gasteiger partial charge is 0.335 e. The van der Waals surface area contributed by atoms with Gasteiger partial charge in [-0.1, -0.05) is 24.3 Å². The van der Waals surface area contributed by atoms with Crippen molar-refractivity contribution in [3.05, 3.63) is 77.7 Å². The Morgan fingerprint density at radius 1 is 1.06 bits per heavy atom. The van der Waals surface area contributed by atoms with Crippen molar-refractivity contribution < 1.29 is 24.2 Å². The second-order valence-electron chi connectivity index (χ2n) is 7.60. The number of carboxylic acids is 1. The van der Waals surface area contributed by atoms with Crippen molar-refractivity contribution in [1.29, 1.82) is 0 Å². The van der Waals surface area contributed by atoms with E-state index in [1.54, 1.807) is 42.3 Å². The molecular weight excluding hydrogens is 410 g/mol. The van der Waals surface area contributed by atoms with E-state index < -0.39 is 5.97 Å².